The zero-order valence-electron chi connectivity index (χ0n) is 10.6. The lowest BCUT2D eigenvalue weighted by Gasteiger charge is -2.20. The van der Waals surface area contributed by atoms with Crippen LogP contribution in [0.2, 0.25) is 0 Å². The van der Waals surface area contributed by atoms with Crippen LogP contribution in [0.4, 0.5) is 0 Å². The summed E-state index contributed by atoms with van der Waals surface area (Å²) < 4.78 is 26.5. The van der Waals surface area contributed by atoms with Crippen molar-refractivity contribution >= 4 is 10.0 Å². The third-order valence-electron chi connectivity index (χ3n) is 3.85. The summed E-state index contributed by atoms with van der Waals surface area (Å²) in [6.45, 7) is 2.58. The number of rotatable bonds is 7. The van der Waals surface area contributed by atoms with Gasteiger partial charge in [-0.25, -0.2) is 13.1 Å². The number of hydrogen-bond donors (Lipinski definition) is 2. The van der Waals surface area contributed by atoms with Gasteiger partial charge >= 0.3 is 0 Å². The van der Waals surface area contributed by atoms with Crippen molar-refractivity contribution in [2.45, 2.75) is 57.5 Å². The maximum Gasteiger partial charge on any atom is 0.213 e. The molecular weight excluding hydrogens is 236 g/mol. The lowest BCUT2D eigenvalue weighted by molar-refractivity contribution is 0.423. The second-order valence-electron chi connectivity index (χ2n) is 5.50. The summed E-state index contributed by atoms with van der Waals surface area (Å²) in [6, 6.07) is 0.681. The molecule has 0 aliphatic heterocycles. The summed E-state index contributed by atoms with van der Waals surface area (Å²) >= 11 is 0. The third-order valence-corrected chi connectivity index (χ3v) is 5.33. The van der Waals surface area contributed by atoms with Crippen LogP contribution in [0.15, 0.2) is 0 Å². The maximum atomic E-state index is 11.8. The van der Waals surface area contributed by atoms with E-state index < -0.39 is 10.0 Å². The van der Waals surface area contributed by atoms with E-state index in [1.807, 2.05) is 6.92 Å². The summed E-state index contributed by atoms with van der Waals surface area (Å²) in [4.78, 5) is 0. The number of hydrogen-bond acceptors (Lipinski definition) is 3. The van der Waals surface area contributed by atoms with Gasteiger partial charge in [0.05, 0.1) is 5.75 Å². The fraction of sp³-hybridized carbons (Fsp3) is 1.00. The van der Waals surface area contributed by atoms with Crippen LogP contribution in [0.5, 0.6) is 0 Å². The van der Waals surface area contributed by atoms with Gasteiger partial charge in [-0.3, -0.25) is 0 Å². The van der Waals surface area contributed by atoms with E-state index in [0.29, 0.717) is 18.5 Å². The fourth-order valence-electron chi connectivity index (χ4n) is 2.58. The van der Waals surface area contributed by atoms with Gasteiger partial charge in [0, 0.05) is 18.6 Å². The van der Waals surface area contributed by atoms with Gasteiger partial charge in [0.25, 0.3) is 0 Å². The Morgan fingerprint density at radius 2 is 1.82 bits per heavy atom. The lowest BCUT2D eigenvalue weighted by atomic mass is 10.0. The lowest BCUT2D eigenvalue weighted by Crippen LogP contribution is -2.40. The van der Waals surface area contributed by atoms with Gasteiger partial charge in [-0.1, -0.05) is 12.8 Å². The molecule has 17 heavy (non-hydrogen) atoms. The van der Waals surface area contributed by atoms with Gasteiger partial charge in [0.1, 0.15) is 0 Å². The highest BCUT2D eigenvalue weighted by Gasteiger charge is 2.26. The SMILES string of the molecule is CC(NS(=O)(=O)CCNC1CC1)C1CCCC1. The van der Waals surface area contributed by atoms with Gasteiger partial charge in [-0.15, -0.1) is 0 Å². The molecule has 2 fully saturated rings. The normalized spacial score (nSPS) is 24.1. The second kappa shape index (κ2) is 5.67. The number of nitrogens with one attached hydrogen (secondary N) is 2. The Morgan fingerprint density at radius 1 is 1.18 bits per heavy atom. The predicted octanol–water partition coefficient (Wildman–Crippen LogP) is 1.24. The average Bonchev–Trinajstić information content (AvgIpc) is 2.91. The van der Waals surface area contributed by atoms with Crippen molar-refractivity contribution in [2.24, 2.45) is 5.92 Å². The van der Waals surface area contributed by atoms with Crippen LogP contribution in [-0.2, 0) is 10.0 Å². The zero-order valence-corrected chi connectivity index (χ0v) is 11.4. The minimum Gasteiger partial charge on any atom is -0.313 e. The summed E-state index contributed by atoms with van der Waals surface area (Å²) in [6.07, 6.45) is 7.24. The van der Waals surface area contributed by atoms with Gasteiger partial charge in [-0.2, -0.15) is 0 Å². The van der Waals surface area contributed by atoms with Crippen LogP contribution >= 0.6 is 0 Å². The molecule has 0 heterocycles. The van der Waals surface area contributed by atoms with Crippen LogP contribution < -0.4 is 10.0 Å². The molecule has 1 atom stereocenters. The maximum absolute atomic E-state index is 11.8. The molecule has 2 aliphatic carbocycles. The molecule has 0 saturated heterocycles. The minimum absolute atomic E-state index is 0.100. The van der Waals surface area contributed by atoms with E-state index in [2.05, 4.69) is 10.0 Å². The first-order valence-electron chi connectivity index (χ1n) is 6.80. The van der Waals surface area contributed by atoms with Crippen LogP contribution in [0.1, 0.15) is 45.4 Å². The smallest absolute Gasteiger partial charge is 0.213 e. The monoisotopic (exact) mass is 260 g/mol. The first-order chi connectivity index (χ1) is 8.07. The molecule has 0 spiro atoms. The molecule has 0 aromatic heterocycles. The van der Waals surface area contributed by atoms with Crippen molar-refractivity contribution in [3.05, 3.63) is 0 Å². The second-order valence-corrected chi connectivity index (χ2v) is 7.37. The van der Waals surface area contributed by atoms with E-state index in [1.165, 1.54) is 38.5 Å². The Labute approximate surface area is 105 Å². The van der Waals surface area contributed by atoms with Crippen molar-refractivity contribution in [3.8, 4) is 0 Å². The highest BCUT2D eigenvalue weighted by Crippen LogP contribution is 2.27. The molecule has 100 valence electrons. The Kier molecular flexibility index (Phi) is 4.44. The molecule has 2 rings (SSSR count). The fourth-order valence-corrected chi connectivity index (χ4v) is 3.84. The van der Waals surface area contributed by atoms with E-state index >= 15 is 0 Å². The predicted molar refractivity (Wildman–Crippen MR) is 69.4 cm³/mol. The molecule has 0 bridgehead atoms. The zero-order chi connectivity index (χ0) is 12.3. The van der Waals surface area contributed by atoms with Gasteiger partial charge in [0.15, 0.2) is 0 Å². The molecule has 0 aromatic carbocycles. The van der Waals surface area contributed by atoms with Gasteiger partial charge in [-0.05, 0) is 38.5 Å². The molecule has 4 nitrogen and oxygen atoms in total. The first-order valence-corrected chi connectivity index (χ1v) is 8.45. The van der Waals surface area contributed by atoms with Crippen molar-refractivity contribution in [3.63, 3.8) is 0 Å². The van der Waals surface area contributed by atoms with Crippen molar-refractivity contribution in [2.75, 3.05) is 12.3 Å². The Hall–Kier alpha value is -0.130. The molecular formula is C12H24N2O2S. The quantitative estimate of drug-likeness (QED) is 0.724. The Morgan fingerprint density at radius 3 is 2.41 bits per heavy atom. The number of sulfonamides is 1. The van der Waals surface area contributed by atoms with Crippen LogP contribution in [0.3, 0.4) is 0 Å². The molecule has 0 amide bonds. The first kappa shape index (κ1) is 13.3. The van der Waals surface area contributed by atoms with E-state index in [4.69, 9.17) is 0 Å². The molecule has 0 radical (unpaired) electrons. The molecule has 1 unspecified atom stereocenters. The van der Waals surface area contributed by atoms with E-state index in [9.17, 15) is 8.42 Å². The third kappa shape index (κ3) is 4.56. The molecule has 2 N–H and O–H groups in total. The molecule has 2 aliphatic rings. The Balaban J connectivity index is 1.70. The topological polar surface area (TPSA) is 58.2 Å². The highest BCUT2D eigenvalue weighted by molar-refractivity contribution is 7.89. The standard InChI is InChI=1S/C12H24N2O2S/c1-10(11-4-2-3-5-11)14-17(15,16)9-8-13-12-6-7-12/h10-14H,2-9H2,1H3. The van der Waals surface area contributed by atoms with Crippen LogP contribution in [0, 0.1) is 5.92 Å². The Bertz CT molecular complexity index is 332. The van der Waals surface area contributed by atoms with Crippen molar-refractivity contribution in [1.29, 1.82) is 0 Å². The summed E-state index contributed by atoms with van der Waals surface area (Å²) in [5, 5.41) is 3.24. The average molecular weight is 260 g/mol. The van der Waals surface area contributed by atoms with E-state index in [-0.39, 0.29) is 11.8 Å². The summed E-state index contributed by atoms with van der Waals surface area (Å²) in [5.41, 5.74) is 0. The van der Waals surface area contributed by atoms with E-state index in [1.54, 1.807) is 0 Å². The summed E-state index contributed by atoms with van der Waals surface area (Å²) in [7, 11) is -3.10. The van der Waals surface area contributed by atoms with E-state index in [0.717, 1.165) is 0 Å². The molecule has 2 saturated carbocycles. The van der Waals surface area contributed by atoms with Gasteiger partial charge in [0.2, 0.25) is 10.0 Å². The highest BCUT2D eigenvalue weighted by atomic mass is 32.2. The largest absolute Gasteiger partial charge is 0.313 e. The van der Waals surface area contributed by atoms with Crippen LogP contribution in [0.25, 0.3) is 0 Å². The summed E-state index contributed by atoms with van der Waals surface area (Å²) in [5.74, 6) is 0.752. The molecule has 5 heteroatoms. The molecule has 0 aromatic rings. The van der Waals surface area contributed by atoms with Crippen molar-refractivity contribution in [1.82, 2.24) is 10.0 Å². The van der Waals surface area contributed by atoms with Gasteiger partial charge < -0.3 is 5.32 Å². The van der Waals surface area contributed by atoms with Crippen molar-refractivity contribution < 1.29 is 8.42 Å². The van der Waals surface area contributed by atoms with Crippen LogP contribution in [-0.4, -0.2) is 32.8 Å². The minimum atomic E-state index is -3.10.